The van der Waals surface area contributed by atoms with Crippen LogP contribution in [-0.4, -0.2) is 146 Å². The van der Waals surface area contributed by atoms with Crippen molar-refractivity contribution in [2.45, 2.75) is 91.0 Å². The van der Waals surface area contributed by atoms with Gasteiger partial charge in [0.25, 0.3) is 40.1 Å². The summed E-state index contributed by atoms with van der Waals surface area (Å²) in [5, 5.41) is 31.0. The maximum absolute atomic E-state index is 13.3. The van der Waals surface area contributed by atoms with Gasteiger partial charge >= 0.3 is 11.9 Å². The number of aromatic amines is 1. The van der Waals surface area contributed by atoms with Gasteiger partial charge in [0, 0.05) is 85.7 Å². The van der Waals surface area contributed by atoms with Crippen LogP contribution in [0.3, 0.4) is 0 Å². The summed E-state index contributed by atoms with van der Waals surface area (Å²) in [5.41, 5.74) is 12.2. The Morgan fingerprint density at radius 2 is 0.652 bits per heavy atom. The third-order valence-electron chi connectivity index (χ3n) is 22.0. The number of aliphatic hydroxyl groups is 1. The van der Waals surface area contributed by atoms with Gasteiger partial charge in [-0.05, 0) is 299 Å². The Balaban J connectivity index is 0.000000133. The molecule has 19 aromatic rings. The lowest BCUT2D eigenvalue weighted by Crippen LogP contribution is -2.47. The van der Waals surface area contributed by atoms with Crippen molar-refractivity contribution < 1.29 is 67.8 Å². The summed E-state index contributed by atoms with van der Waals surface area (Å²) < 4.78 is 120. The highest BCUT2D eigenvalue weighted by molar-refractivity contribution is 14.1. The number of hydrogen-bond acceptors (Lipinski definition) is 23. The number of carbonyl (C=O) groups is 3. The van der Waals surface area contributed by atoms with E-state index in [9.17, 15) is 53.2 Å². The number of pyridine rings is 10. The first-order valence-electron chi connectivity index (χ1n) is 42.1. The molecule has 19 rings (SSSR count). The predicted octanol–water partition coefficient (Wildman–Crippen LogP) is 21.4. The summed E-state index contributed by atoms with van der Waals surface area (Å²) in [4.78, 5) is 80.7. The fraction of sp³-hybridized carbons (Fsp3) is 0.112. The van der Waals surface area contributed by atoms with Crippen molar-refractivity contribution in [2.24, 2.45) is 0 Å². The maximum Gasteiger partial charge on any atom is 0.354 e. The summed E-state index contributed by atoms with van der Waals surface area (Å²) in [6.45, 7) is 14.0. The number of nitrogens with zero attached hydrogens (tertiary/aromatic N) is 14. The highest BCUT2D eigenvalue weighted by Gasteiger charge is 2.45. The Hall–Kier alpha value is -11.7. The number of carbonyl (C=O) groups excluding carboxylic acids is 1. The van der Waals surface area contributed by atoms with Crippen LogP contribution in [0.15, 0.2) is 324 Å². The average Bonchev–Trinajstić information content (AvgIpc) is 1.61. The van der Waals surface area contributed by atoms with Gasteiger partial charge in [0.05, 0.1) is 91.2 Å². The number of benzene rings is 4. The van der Waals surface area contributed by atoms with E-state index in [1.165, 1.54) is 46.4 Å². The van der Waals surface area contributed by atoms with Crippen molar-refractivity contribution in [2.75, 3.05) is 0 Å². The lowest BCUT2D eigenvalue weighted by atomic mass is 10.1. The second-order valence-corrected chi connectivity index (χ2v) is 50.0. The molecule has 0 saturated heterocycles. The second kappa shape index (κ2) is 42.9. The minimum atomic E-state index is -3.80. The van der Waals surface area contributed by atoms with Crippen LogP contribution in [0.25, 0.3) is 111 Å². The largest absolute Gasteiger partial charge is 0.477 e. The first-order valence-corrected chi connectivity index (χ1v) is 55.4. The van der Waals surface area contributed by atoms with Crippen LogP contribution in [0.1, 0.15) is 84.4 Å². The predicted molar refractivity (Wildman–Crippen MR) is 572 cm³/mol. The lowest BCUT2D eigenvalue weighted by Gasteiger charge is -2.42. The van der Waals surface area contributed by atoms with Crippen LogP contribution >= 0.6 is 113 Å². The SMILES string of the molecule is CC(C)[Si](OCc1cccc(-c2cnc3c(c2)cc(I)n3S(=O)(=O)c2ccccc2)n1)(C(C)C)C(C)C.O=C(O)c1cccc(-c2cnc3[nH]c(I)cc3c2)n1.O=C(O)c1cccc(-c2cnc3c(c2)cc(I)n3S(=O)(=O)c2ccccc2)n1.O=Cc1cccc(-c2cnc3c(c2)cc(I)n3S(=O)(=O)c2ccccc2)n1.O=S(=O)(c1ccccc1)n1c(I)cc2cc(-c3cccc(CO)n3)cnc21. The van der Waals surface area contributed by atoms with Crippen molar-refractivity contribution in [3.8, 4) is 56.3 Å². The summed E-state index contributed by atoms with van der Waals surface area (Å²) >= 11 is 10.2. The average molecular weight is 2500 g/mol. The quantitative estimate of drug-likeness (QED) is 0.0262. The molecule has 0 aliphatic rings. The van der Waals surface area contributed by atoms with E-state index in [2.05, 4.69) is 114 Å². The number of aldehydes is 1. The fourth-order valence-corrected chi connectivity index (χ4v) is 32.7. The zero-order valence-corrected chi connectivity index (χ0v) is 88.7. The molecule has 0 amide bonds. The van der Waals surface area contributed by atoms with Crippen LogP contribution in [0, 0.1) is 18.5 Å². The van der Waals surface area contributed by atoms with Gasteiger partial charge in [-0.3, -0.25) is 14.8 Å². The number of nitrogens with one attached hydrogen (secondary N) is 1. The van der Waals surface area contributed by atoms with Gasteiger partial charge in [-0.25, -0.2) is 99.0 Å². The molecule has 700 valence electrons. The van der Waals surface area contributed by atoms with Crippen molar-refractivity contribution >= 4 is 235 Å². The number of hydrogen-bond donors (Lipinski definition) is 4. The Morgan fingerprint density at radius 1 is 0.362 bits per heavy atom. The van der Waals surface area contributed by atoms with Gasteiger partial charge in [0.1, 0.15) is 22.7 Å². The first-order chi connectivity index (χ1) is 66.0. The van der Waals surface area contributed by atoms with Gasteiger partial charge in [-0.2, -0.15) is 0 Å². The topological polar surface area (TPSA) is 422 Å². The van der Waals surface area contributed by atoms with E-state index >= 15 is 0 Å². The summed E-state index contributed by atoms with van der Waals surface area (Å²) in [6, 6.07) is 77.5. The number of fused-ring (bicyclic) bond motifs is 5. The third kappa shape index (κ3) is 21.7. The van der Waals surface area contributed by atoms with Crippen molar-refractivity contribution in [1.29, 1.82) is 0 Å². The Kier molecular flexibility index (Phi) is 31.3. The number of halogens is 5. The number of aromatic nitrogens is 15. The number of aromatic carboxylic acids is 2. The molecular weight excluding hydrogens is 2420 g/mol. The molecule has 30 nitrogen and oxygen atoms in total. The van der Waals surface area contributed by atoms with Gasteiger partial charge < -0.3 is 24.7 Å². The van der Waals surface area contributed by atoms with Gasteiger partial charge in [0.2, 0.25) is 8.32 Å². The summed E-state index contributed by atoms with van der Waals surface area (Å²) in [5.74, 6) is -2.15. The molecule has 0 radical (unpaired) electrons. The number of carboxylic acid groups (broad SMARTS) is 2. The molecule has 0 aliphatic carbocycles. The highest BCUT2D eigenvalue weighted by Crippen LogP contribution is 2.44. The summed E-state index contributed by atoms with van der Waals surface area (Å²) in [7, 11) is -17.1. The number of H-pyrrole nitrogens is 1. The molecule has 15 heterocycles. The molecule has 0 atom stereocenters. The van der Waals surface area contributed by atoms with E-state index in [-0.39, 0.29) is 37.6 Å². The molecule has 0 unspecified atom stereocenters. The van der Waals surface area contributed by atoms with Crippen LogP contribution in [0.5, 0.6) is 0 Å². The molecule has 4 N–H and O–H groups in total. The van der Waals surface area contributed by atoms with E-state index in [0.29, 0.717) is 128 Å². The minimum absolute atomic E-state index is 0.0289. The Morgan fingerprint density at radius 3 is 0.971 bits per heavy atom. The minimum Gasteiger partial charge on any atom is -0.477 e. The Labute approximate surface area is 862 Å². The zero-order valence-electron chi connectivity index (χ0n) is 73.6. The van der Waals surface area contributed by atoms with E-state index in [4.69, 9.17) is 19.6 Å². The smallest absolute Gasteiger partial charge is 0.354 e. The molecule has 0 saturated carbocycles. The van der Waals surface area contributed by atoms with E-state index in [1.54, 1.807) is 207 Å². The maximum atomic E-state index is 13.3. The molecule has 40 heteroatoms. The molecule has 0 fully saturated rings. The third-order valence-corrected chi connectivity index (χ3v) is 40.0. The second-order valence-electron chi connectivity index (χ2n) is 31.8. The molecule has 0 aliphatic heterocycles. The molecule has 138 heavy (non-hydrogen) atoms. The molecule has 4 aromatic carbocycles. The van der Waals surface area contributed by atoms with Gasteiger partial charge in [-0.1, -0.05) is 145 Å². The van der Waals surface area contributed by atoms with Crippen LogP contribution in [0.2, 0.25) is 16.6 Å². The molecule has 0 bridgehead atoms. The van der Waals surface area contributed by atoms with E-state index in [0.717, 1.165) is 48.2 Å². The normalized spacial score (nSPS) is 11.8. The Bertz CT molecular complexity index is 8320. The lowest BCUT2D eigenvalue weighted by molar-refractivity contribution is 0.0680. The number of aliphatic hydroxyl groups excluding tert-OH is 1. The van der Waals surface area contributed by atoms with Crippen LogP contribution < -0.4 is 0 Å². The standard InChI is InChI=1S/C28H34IN3O3SSi.C19H12IN3O4S.C19H14IN3O3S.C19H12IN3O3S.C13H8IN3O2/c1-19(2)37(20(3)4,21(5)6)35-18-24-11-10-14-26(31-24)23-15-22-16-27(29)32(28(22)30-17-23)36(33,34)25-12-8-7-9-13-25;20-17-10-12-9-13(15-7-4-8-16(22-15)19(24)25)11-21-18(12)23(17)28(26,27)14-5-2-1-3-6-14;2*20-18-10-13-9-14(17-8-4-5-15(12-24)22-17)11-21-19(13)23(18)27(25,26)16-6-2-1-3-7-16;14-11-5-7-4-8(6-15-12(7)17-11)9-2-1-3-10(16-9)13(18)19/h7-17,19-21H,18H2,1-6H3;1-11H,(H,24,25);1-11,24H,12H2;1-12H;1-6H,(H,15,17)(H,18,19). The zero-order chi connectivity index (χ0) is 98.3. The van der Waals surface area contributed by atoms with Crippen molar-refractivity contribution in [3.05, 3.63) is 351 Å². The van der Waals surface area contributed by atoms with Crippen molar-refractivity contribution in [1.82, 2.24) is 70.7 Å². The molecule has 0 spiro atoms. The van der Waals surface area contributed by atoms with Crippen molar-refractivity contribution in [3.63, 3.8) is 0 Å². The molecule has 15 aromatic heterocycles. The van der Waals surface area contributed by atoms with Gasteiger partial charge in [0.15, 0.2) is 28.9 Å². The van der Waals surface area contributed by atoms with E-state index in [1.807, 2.05) is 157 Å². The first kappa shape index (κ1) is 101. The van der Waals surface area contributed by atoms with Crippen LogP contribution in [0.4, 0.5) is 0 Å². The fourth-order valence-electron chi connectivity index (χ4n) is 15.8. The molecular formula is C98H80I5N15O15S4Si. The monoisotopic (exact) mass is 2500 g/mol. The van der Waals surface area contributed by atoms with E-state index < -0.39 is 60.3 Å². The number of carboxylic acids is 2. The highest BCUT2D eigenvalue weighted by atomic mass is 127. The summed E-state index contributed by atoms with van der Waals surface area (Å²) in [6.07, 6.45) is 8.70. The van der Waals surface area contributed by atoms with Crippen LogP contribution in [-0.2, 0) is 57.7 Å². The number of rotatable bonds is 23. The van der Waals surface area contributed by atoms with Gasteiger partial charge in [-0.15, -0.1) is 0 Å².